The van der Waals surface area contributed by atoms with Crippen LogP contribution >= 0.6 is 11.6 Å². The summed E-state index contributed by atoms with van der Waals surface area (Å²) in [6.45, 7) is 1.68. The minimum atomic E-state index is -0.876. The number of hydrogen-bond acceptors (Lipinski definition) is 1. The maximum atomic E-state index is 13.5. The molecule has 0 bridgehead atoms. The van der Waals surface area contributed by atoms with Crippen LogP contribution in [0.3, 0.4) is 0 Å². The molecule has 1 nitrogen and oxygen atoms in total. The Hall–Kier alpha value is -1.74. The number of carbonyl (C=O) groups excluding carboxylic acids is 1. The zero-order chi connectivity index (χ0) is 13.3. The van der Waals surface area contributed by atoms with Crippen LogP contribution in [0.4, 0.5) is 8.78 Å². The van der Waals surface area contributed by atoms with Gasteiger partial charge in [-0.15, -0.1) is 0 Å². The summed E-state index contributed by atoms with van der Waals surface area (Å²) in [5.41, 5.74) is 0.725. The van der Waals surface area contributed by atoms with Gasteiger partial charge in [-0.05, 0) is 30.7 Å². The maximum absolute atomic E-state index is 13.5. The molecular formula is C14H9ClF2O. The molecule has 0 spiro atoms. The smallest absolute Gasteiger partial charge is 0.196 e. The lowest BCUT2D eigenvalue weighted by Crippen LogP contribution is -2.06. The summed E-state index contributed by atoms with van der Waals surface area (Å²) < 4.78 is 26.3. The first-order chi connectivity index (χ1) is 8.50. The van der Waals surface area contributed by atoms with Gasteiger partial charge >= 0.3 is 0 Å². The second kappa shape index (κ2) is 4.86. The van der Waals surface area contributed by atoms with Gasteiger partial charge in [0.05, 0.1) is 5.56 Å². The van der Waals surface area contributed by atoms with E-state index in [0.29, 0.717) is 22.2 Å². The number of carbonyl (C=O) groups is 1. The highest BCUT2D eigenvalue weighted by Crippen LogP contribution is 2.22. The third-order valence-corrected chi connectivity index (χ3v) is 3.10. The number of rotatable bonds is 2. The van der Waals surface area contributed by atoms with E-state index in [1.54, 1.807) is 25.1 Å². The molecular weight excluding hydrogens is 258 g/mol. The van der Waals surface area contributed by atoms with Gasteiger partial charge in [0, 0.05) is 16.7 Å². The molecule has 0 aliphatic carbocycles. The van der Waals surface area contributed by atoms with Gasteiger partial charge in [0.15, 0.2) is 5.78 Å². The highest BCUT2D eigenvalue weighted by molar-refractivity contribution is 6.32. The van der Waals surface area contributed by atoms with Crippen molar-refractivity contribution in [3.63, 3.8) is 0 Å². The summed E-state index contributed by atoms with van der Waals surface area (Å²) in [5.74, 6) is -2.10. The van der Waals surface area contributed by atoms with Gasteiger partial charge in [0.1, 0.15) is 11.6 Å². The molecule has 0 heterocycles. The second-order valence-corrected chi connectivity index (χ2v) is 4.27. The molecule has 0 aliphatic rings. The van der Waals surface area contributed by atoms with Crippen molar-refractivity contribution in [3.8, 4) is 0 Å². The molecule has 92 valence electrons. The predicted molar refractivity (Wildman–Crippen MR) is 66.0 cm³/mol. The van der Waals surface area contributed by atoms with Gasteiger partial charge in [-0.2, -0.15) is 0 Å². The van der Waals surface area contributed by atoms with E-state index < -0.39 is 17.4 Å². The molecule has 0 fully saturated rings. The third-order valence-electron chi connectivity index (χ3n) is 2.69. The van der Waals surface area contributed by atoms with Gasteiger partial charge in [-0.25, -0.2) is 8.78 Å². The van der Waals surface area contributed by atoms with Crippen molar-refractivity contribution < 1.29 is 13.6 Å². The molecule has 2 rings (SSSR count). The summed E-state index contributed by atoms with van der Waals surface area (Å²) in [4.78, 5) is 12.1. The average Bonchev–Trinajstić information content (AvgIpc) is 2.32. The SMILES string of the molecule is Cc1c(Cl)cccc1C(=O)c1ccc(F)cc1F. The van der Waals surface area contributed by atoms with Crippen molar-refractivity contribution in [3.05, 3.63) is 69.7 Å². The van der Waals surface area contributed by atoms with E-state index in [0.717, 1.165) is 12.1 Å². The largest absolute Gasteiger partial charge is 0.288 e. The molecule has 0 aromatic heterocycles. The lowest BCUT2D eigenvalue weighted by molar-refractivity contribution is 0.103. The Morgan fingerprint density at radius 1 is 1.11 bits per heavy atom. The fourth-order valence-electron chi connectivity index (χ4n) is 1.67. The number of benzene rings is 2. The normalized spacial score (nSPS) is 10.4. The third kappa shape index (κ3) is 2.27. The van der Waals surface area contributed by atoms with E-state index >= 15 is 0 Å². The summed E-state index contributed by atoms with van der Waals surface area (Å²) in [7, 11) is 0. The monoisotopic (exact) mass is 266 g/mol. The minimum Gasteiger partial charge on any atom is -0.288 e. The standard InChI is InChI=1S/C14H9ClF2O/c1-8-10(3-2-4-12(8)15)14(18)11-6-5-9(16)7-13(11)17/h2-7H,1H3. The van der Waals surface area contributed by atoms with Crippen LogP contribution in [0, 0.1) is 18.6 Å². The first kappa shape index (κ1) is 12.7. The molecule has 2 aromatic carbocycles. The molecule has 0 saturated carbocycles. The Morgan fingerprint density at radius 2 is 1.83 bits per heavy atom. The van der Waals surface area contributed by atoms with E-state index in [4.69, 9.17) is 11.6 Å². The fourth-order valence-corrected chi connectivity index (χ4v) is 1.85. The first-order valence-electron chi connectivity index (χ1n) is 5.25. The number of hydrogen-bond donors (Lipinski definition) is 0. The molecule has 0 N–H and O–H groups in total. The number of ketones is 1. The number of halogens is 3. The van der Waals surface area contributed by atoms with Crippen LogP contribution in [0.5, 0.6) is 0 Å². The minimum absolute atomic E-state index is 0.165. The molecule has 0 radical (unpaired) electrons. The molecule has 18 heavy (non-hydrogen) atoms. The summed E-state index contributed by atoms with van der Waals surface area (Å²) in [5, 5.41) is 0.434. The lowest BCUT2D eigenvalue weighted by atomic mass is 9.99. The summed E-state index contributed by atoms with van der Waals surface area (Å²) in [6.07, 6.45) is 0. The van der Waals surface area contributed by atoms with Crippen LogP contribution in [0.1, 0.15) is 21.5 Å². The van der Waals surface area contributed by atoms with Crippen LogP contribution in [-0.4, -0.2) is 5.78 Å². The van der Waals surface area contributed by atoms with Gasteiger partial charge in [-0.3, -0.25) is 4.79 Å². The highest BCUT2D eigenvalue weighted by atomic mass is 35.5. The molecule has 0 amide bonds. The van der Waals surface area contributed by atoms with E-state index in [-0.39, 0.29) is 5.56 Å². The van der Waals surface area contributed by atoms with Crippen LogP contribution in [0.15, 0.2) is 36.4 Å². The van der Waals surface area contributed by atoms with E-state index in [1.807, 2.05) is 0 Å². The molecule has 4 heteroatoms. The van der Waals surface area contributed by atoms with Crippen LogP contribution in [0.2, 0.25) is 5.02 Å². The van der Waals surface area contributed by atoms with Gasteiger partial charge in [0.2, 0.25) is 0 Å². The lowest BCUT2D eigenvalue weighted by Gasteiger charge is -2.07. The molecule has 0 aliphatic heterocycles. The van der Waals surface area contributed by atoms with E-state index in [2.05, 4.69) is 0 Å². The topological polar surface area (TPSA) is 17.1 Å². The van der Waals surface area contributed by atoms with Crippen LogP contribution < -0.4 is 0 Å². The summed E-state index contributed by atoms with van der Waals surface area (Å²) in [6, 6.07) is 7.70. The Morgan fingerprint density at radius 3 is 2.50 bits per heavy atom. The van der Waals surface area contributed by atoms with Gasteiger partial charge < -0.3 is 0 Å². The van der Waals surface area contributed by atoms with Crippen LogP contribution in [-0.2, 0) is 0 Å². The zero-order valence-electron chi connectivity index (χ0n) is 9.51. The van der Waals surface area contributed by atoms with Gasteiger partial charge in [0.25, 0.3) is 0 Å². The Kier molecular flexibility index (Phi) is 3.43. The fraction of sp³-hybridized carbons (Fsp3) is 0.0714. The highest BCUT2D eigenvalue weighted by Gasteiger charge is 2.17. The predicted octanol–water partition coefficient (Wildman–Crippen LogP) is 4.16. The van der Waals surface area contributed by atoms with E-state index in [9.17, 15) is 13.6 Å². The maximum Gasteiger partial charge on any atom is 0.196 e. The Labute approximate surface area is 108 Å². The molecule has 2 aromatic rings. The Bertz CT molecular complexity index is 623. The first-order valence-corrected chi connectivity index (χ1v) is 5.63. The zero-order valence-corrected chi connectivity index (χ0v) is 10.3. The van der Waals surface area contributed by atoms with Crippen molar-refractivity contribution in [2.75, 3.05) is 0 Å². The summed E-state index contributed by atoms with van der Waals surface area (Å²) >= 11 is 5.90. The quantitative estimate of drug-likeness (QED) is 0.746. The van der Waals surface area contributed by atoms with Crippen molar-refractivity contribution in [1.82, 2.24) is 0 Å². The average molecular weight is 267 g/mol. The van der Waals surface area contributed by atoms with Crippen molar-refractivity contribution >= 4 is 17.4 Å². The van der Waals surface area contributed by atoms with Crippen molar-refractivity contribution in [2.24, 2.45) is 0 Å². The van der Waals surface area contributed by atoms with E-state index in [1.165, 1.54) is 0 Å². The molecule has 0 saturated heterocycles. The Balaban J connectivity index is 2.51. The van der Waals surface area contributed by atoms with Crippen molar-refractivity contribution in [1.29, 1.82) is 0 Å². The second-order valence-electron chi connectivity index (χ2n) is 3.87. The van der Waals surface area contributed by atoms with Crippen LogP contribution in [0.25, 0.3) is 0 Å². The molecule has 0 atom stereocenters. The van der Waals surface area contributed by atoms with Gasteiger partial charge in [-0.1, -0.05) is 23.7 Å². The van der Waals surface area contributed by atoms with Crippen molar-refractivity contribution in [2.45, 2.75) is 6.92 Å². The molecule has 0 unspecified atom stereocenters.